The summed E-state index contributed by atoms with van der Waals surface area (Å²) >= 11 is 0. The first-order valence-corrected chi connectivity index (χ1v) is 10.1. The lowest BCUT2D eigenvalue weighted by atomic mass is 10.1. The summed E-state index contributed by atoms with van der Waals surface area (Å²) in [6.45, 7) is 3.23. The number of nitrogens with one attached hydrogen (secondary N) is 1. The molecule has 0 atom stereocenters. The van der Waals surface area contributed by atoms with Gasteiger partial charge in [-0.2, -0.15) is 0 Å². The van der Waals surface area contributed by atoms with E-state index < -0.39 is 0 Å². The lowest BCUT2D eigenvalue weighted by molar-refractivity contribution is 0.102. The van der Waals surface area contributed by atoms with E-state index in [-0.39, 0.29) is 5.91 Å². The van der Waals surface area contributed by atoms with Crippen molar-refractivity contribution < 1.29 is 19.0 Å². The van der Waals surface area contributed by atoms with Crippen molar-refractivity contribution >= 4 is 11.6 Å². The van der Waals surface area contributed by atoms with E-state index in [9.17, 15) is 4.79 Å². The summed E-state index contributed by atoms with van der Waals surface area (Å²) in [5.74, 6) is 1.71. The Hall–Kier alpha value is -3.47. The van der Waals surface area contributed by atoms with Crippen molar-refractivity contribution in [2.45, 2.75) is 26.4 Å². The van der Waals surface area contributed by atoms with E-state index in [4.69, 9.17) is 14.2 Å². The van der Waals surface area contributed by atoms with Crippen LogP contribution < -0.4 is 19.5 Å². The van der Waals surface area contributed by atoms with Gasteiger partial charge in [-0.05, 0) is 54.4 Å². The van der Waals surface area contributed by atoms with E-state index in [1.165, 1.54) is 0 Å². The van der Waals surface area contributed by atoms with E-state index in [0.29, 0.717) is 36.0 Å². The summed E-state index contributed by atoms with van der Waals surface area (Å²) in [5.41, 5.74) is 2.29. The van der Waals surface area contributed by atoms with Gasteiger partial charge in [0.2, 0.25) is 0 Å². The Kier molecular flexibility index (Phi) is 7.72. The molecule has 1 amide bonds. The molecular weight excluding hydrogens is 378 g/mol. The third-order valence-corrected chi connectivity index (χ3v) is 4.54. The van der Waals surface area contributed by atoms with Crippen molar-refractivity contribution in [3.63, 3.8) is 0 Å². The summed E-state index contributed by atoms with van der Waals surface area (Å²) in [6, 6.07) is 22.5. The number of benzene rings is 3. The highest BCUT2D eigenvalue weighted by atomic mass is 16.5. The minimum absolute atomic E-state index is 0.216. The van der Waals surface area contributed by atoms with Crippen LogP contribution in [0.4, 0.5) is 5.69 Å². The minimum atomic E-state index is -0.216. The van der Waals surface area contributed by atoms with Gasteiger partial charge in [0.05, 0.1) is 13.7 Å². The molecule has 0 aromatic heterocycles. The Balaban J connectivity index is 1.58. The van der Waals surface area contributed by atoms with Crippen molar-refractivity contribution in [1.82, 2.24) is 0 Å². The number of anilines is 1. The molecule has 3 rings (SSSR count). The molecule has 0 saturated carbocycles. The van der Waals surface area contributed by atoms with Crippen LogP contribution in [0.5, 0.6) is 17.2 Å². The van der Waals surface area contributed by atoms with Gasteiger partial charge in [0.15, 0.2) is 11.5 Å². The van der Waals surface area contributed by atoms with E-state index >= 15 is 0 Å². The monoisotopic (exact) mass is 405 g/mol. The molecule has 0 spiro atoms. The molecule has 1 N–H and O–H groups in total. The Morgan fingerprint density at radius 3 is 2.37 bits per heavy atom. The van der Waals surface area contributed by atoms with Crippen molar-refractivity contribution in [2.24, 2.45) is 0 Å². The summed E-state index contributed by atoms with van der Waals surface area (Å²) in [6.07, 6.45) is 2.02. The van der Waals surface area contributed by atoms with Crippen LogP contribution in [0.2, 0.25) is 0 Å². The zero-order valence-electron chi connectivity index (χ0n) is 17.4. The third kappa shape index (κ3) is 6.01. The molecule has 5 heteroatoms. The predicted octanol–water partition coefficient (Wildman–Crippen LogP) is 5.71. The fraction of sp³-hybridized carbons (Fsp3) is 0.240. The zero-order valence-corrected chi connectivity index (χ0v) is 17.4. The molecule has 30 heavy (non-hydrogen) atoms. The molecule has 0 unspecified atom stereocenters. The largest absolute Gasteiger partial charge is 0.493 e. The normalized spacial score (nSPS) is 10.3. The van der Waals surface area contributed by atoms with Crippen molar-refractivity contribution in [2.75, 3.05) is 19.0 Å². The summed E-state index contributed by atoms with van der Waals surface area (Å²) < 4.78 is 16.9. The van der Waals surface area contributed by atoms with Gasteiger partial charge in [-0.15, -0.1) is 0 Å². The van der Waals surface area contributed by atoms with Crippen LogP contribution in [0.25, 0.3) is 0 Å². The van der Waals surface area contributed by atoms with Crippen molar-refractivity contribution in [1.29, 1.82) is 0 Å². The topological polar surface area (TPSA) is 56.8 Å². The smallest absolute Gasteiger partial charge is 0.255 e. The first-order valence-electron chi connectivity index (χ1n) is 10.1. The number of carbonyl (C=O) groups is 1. The van der Waals surface area contributed by atoms with Crippen LogP contribution in [0.3, 0.4) is 0 Å². The fourth-order valence-electron chi connectivity index (χ4n) is 2.83. The number of unbranched alkanes of at least 4 members (excludes halogenated alkanes) is 1. The van der Waals surface area contributed by atoms with Crippen LogP contribution in [0.1, 0.15) is 35.7 Å². The second-order valence-corrected chi connectivity index (χ2v) is 6.82. The molecule has 3 aromatic rings. The molecule has 0 radical (unpaired) electrons. The van der Waals surface area contributed by atoms with Crippen LogP contribution in [-0.2, 0) is 6.61 Å². The average Bonchev–Trinajstić information content (AvgIpc) is 2.79. The minimum Gasteiger partial charge on any atom is -0.493 e. The first kappa shape index (κ1) is 21.2. The van der Waals surface area contributed by atoms with Crippen molar-refractivity contribution in [3.8, 4) is 17.2 Å². The van der Waals surface area contributed by atoms with Gasteiger partial charge in [0.1, 0.15) is 12.4 Å². The number of hydrogen-bond acceptors (Lipinski definition) is 4. The third-order valence-electron chi connectivity index (χ3n) is 4.54. The SMILES string of the molecule is CCCCOc1ccc(C(=O)Nc2ccc(OCc3ccccc3)cc2)cc1OC. The second-order valence-electron chi connectivity index (χ2n) is 6.82. The average molecular weight is 405 g/mol. The summed E-state index contributed by atoms with van der Waals surface area (Å²) in [5, 5.41) is 2.89. The van der Waals surface area contributed by atoms with Gasteiger partial charge in [-0.25, -0.2) is 0 Å². The van der Waals surface area contributed by atoms with Gasteiger partial charge in [-0.3, -0.25) is 4.79 Å². The Bertz CT molecular complexity index is 939. The van der Waals surface area contributed by atoms with Gasteiger partial charge in [0, 0.05) is 11.3 Å². The van der Waals surface area contributed by atoms with Gasteiger partial charge in [0.25, 0.3) is 5.91 Å². The molecule has 3 aromatic carbocycles. The number of amides is 1. The maximum atomic E-state index is 12.6. The van der Waals surface area contributed by atoms with Gasteiger partial charge >= 0.3 is 0 Å². The molecule has 0 fully saturated rings. The lowest BCUT2D eigenvalue weighted by Gasteiger charge is -2.12. The fourth-order valence-corrected chi connectivity index (χ4v) is 2.83. The molecule has 0 saturated heterocycles. The lowest BCUT2D eigenvalue weighted by Crippen LogP contribution is -2.12. The van der Waals surface area contributed by atoms with E-state index in [1.807, 2.05) is 54.6 Å². The second kappa shape index (κ2) is 10.9. The highest BCUT2D eigenvalue weighted by Crippen LogP contribution is 2.29. The van der Waals surface area contributed by atoms with Gasteiger partial charge in [-0.1, -0.05) is 43.7 Å². The Labute approximate surface area is 177 Å². The van der Waals surface area contributed by atoms with Gasteiger partial charge < -0.3 is 19.5 Å². The number of ether oxygens (including phenoxy) is 3. The summed E-state index contributed by atoms with van der Waals surface area (Å²) in [4.78, 5) is 12.6. The molecule has 0 aliphatic carbocycles. The van der Waals surface area contributed by atoms with Crippen LogP contribution >= 0.6 is 0 Å². The quantitative estimate of drug-likeness (QED) is 0.439. The molecule has 0 heterocycles. The number of carbonyl (C=O) groups excluding carboxylic acids is 1. The molecular formula is C25H27NO4. The standard InChI is InChI=1S/C25H27NO4/c1-3-4-16-29-23-15-10-20(17-24(23)28-2)25(27)26-21-11-13-22(14-12-21)30-18-19-8-6-5-7-9-19/h5-15,17H,3-4,16,18H2,1-2H3,(H,26,27). The predicted molar refractivity (Wildman–Crippen MR) is 119 cm³/mol. The highest BCUT2D eigenvalue weighted by molar-refractivity contribution is 6.04. The maximum Gasteiger partial charge on any atom is 0.255 e. The molecule has 0 aliphatic heterocycles. The van der Waals surface area contributed by atoms with E-state index in [2.05, 4.69) is 12.2 Å². The molecule has 5 nitrogen and oxygen atoms in total. The number of rotatable bonds is 10. The number of methoxy groups -OCH3 is 1. The zero-order chi connectivity index (χ0) is 21.2. The van der Waals surface area contributed by atoms with E-state index in [1.54, 1.807) is 25.3 Å². The van der Waals surface area contributed by atoms with Crippen LogP contribution in [0.15, 0.2) is 72.8 Å². The molecule has 156 valence electrons. The number of hydrogen-bond donors (Lipinski definition) is 1. The van der Waals surface area contributed by atoms with E-state index in [0.717, 1.165) is 24.2 Å². The first-order chi connectivity index (χ1) is 14.7. The van der Waals surface area contributed by atoms with Crippen LogP contribution in [-0.4, -0.2) is 19.6 Å². The Morgan fingerprint density at radius 2 is 1.67 bits per heavy atom. The maximum absolute atomic E-state index is 12.6. The van der Waals surface area contributed by atoms with Crippen LogP contribution in [0, 0.1) is 0 Å². The molecule has 0 aliphatic rings. The summed E-state index contributed by atoms with van der Waals surface area (Å²) in [7, 11) is 1.57. The molecule has 0 bridgehead atoms. The highest BCUT2D eigenvalue weighted by Gasteiger charge is 2.12. The Morgan fingerprint density at radius 1 is 0.900 bits per heavy atom. The van der Waals surface area contributed by atoms with Crippen molar-refractivity contribution in [3.05, 3.63) is 83.9 Å².